The number of fused-ring (bicyclic) bond motifs is 2. The van der Waals surface area contributed by atoms with Gasteiger partial charge in [0.05, 0.1) is 39.2 Å². The molecule has 0 fully saturated rings. The van der Waals surface area contributed by atoms with Crippen LogP contribution in [-0.4, -0.2) is 55.9 Å². The molecule has 0 aliphatic heterocycles. The molecule has 276 valence electrons. The third-order valence-corrected chi connectivity index (χ3v) is 11.4. The molecule has 12 heteroatoms. The Balaban J connectivity index is 1.25. The van der Waals surface area contributed by atoms with Gasteiger partial charge in [0.1, 0.15) is 6.04 Å². The van der Waals surface area contributed by atoms with Crippen molar-refractivity contribution in [3.63, 3.8) is 0 Å². The molecule has 0 saturated heterocycles. The Morgan fingerprint density at radius 3 is 1.98 bits per heavy atom. The Morgan fingerprint density at radius 1 is 0.714 bits per heavy atom. The van der Waals surface area contributed by atoms with Gasteiger partial charge in [0.2, 0.25) is 0 Å². The number of pyridine rings is 2. The second kappa shape index (κ2) is 16.5. The number of carbonyl (C=O) groups is 2. The first-order valence-corrected chi connectivity index (χ1v) is 19.6. The molecule has 4 aromatic heterocycles. The number of nitrogens with one attached hydrogen (secondary N) is 3. The van der Waals surface area contributed by atoms with Crippen LogP contribution in [-0.2, 0) is 6.42 Å². The van der Waals surface area contributed by atoms with Crippen LogP contribution in [0.5, 0.6) is 0 Å². The summed E-state index contributed by atoms with van der Waals surface area (Å²) >= 11 is 3.06. The van der Waals surface area contributed by atoms with E-state index < -0.39 is 0 Å². The molecular weight excluding hydrogens is 737 g/mol. The predicted molar refractivity (Wildman–Crippen MR) is 223 cm³/mol. The lowest BCUT2D eigenvalue weighted by Crippen LogP contribution is -2.18. The number of carbonyl (C=O) groups excluding carboxylic acids is 2. The minimum atomic E-state index is -0.333. The van der Waals surface area contributed by atoms with E-state index >= 15 is 0 Å². The van der Waals surface area contributed by atoms with Gasteiger partial charge in [-0.2, -0.15) is 10.2 Å². The Labute approximate surface area is 331 Å². The second-order valence-electron chi connectivity index (χ2n) is 12.8. The van der Waals surface area contributed by atoms with Gasteiger partial charge in [0.25, 0.3) is 11.8 Å². The third-order valence-electron chi connectivity index (χ3n) is 9.29. The minimum absolute atomic E-state index is 0.133. The SMILES string of the molecule is CNC(=O)c1ccccc1Sc1ccc2c(C(Cc3ccccn3)n3nc(C=Cc4ccccn4)c4ccc(Sc5ccccc5C(=O)NC)cc43)[nH]nc2c1. The van der Waals surface area contributed by atoms with Crippen LogP contribution < -0.4 is 10.6 Å². The molecule has 0 radical (unpaired) electrons. The van der Waals surface area contributed by atoms with Crippen molar-refractivity contribution in [1.29, 1.82) is 0 Å². The van der Waals surface area contributed by atoms with E-state index in [-0.39, 0.29) is 17.9 Å². The second-order valence-corrected chi connectivity index (χ2v) is 15.0. The Morgan fingerprint density at radius 2 is 1.34 bits per heavy atom. The van der Waals surface area contributed by atoms with Gasteiger partial charge in [-0.3, -0.25) is 29.3 Å². The van der Waals surface area contributed by atoms with Crippen LogP contribution in [0.2, 0.25) is 0 Å². The molecule has 8 aromatic rings. The molecule has 0 aliphatic carbocycles. The average Bonchev–Trinajstić information content (AvgIpc) is 3.83. The lowest BCUT2D eigenvalue weighted by Gasteiger charge is -2.18. The maximum atomic E-state index is 12.8. The first-order valence-electron chi connectivity index (χ1n) is 18.0. The molecule has 8 rings (SSSR count). The highest BCUT2D eigenvalue weighted by molar-refractivity contribution is 7.99. The summed E-state index contributed by atoms with van der Waals surface area (Å²) in [5, 5.41) is 20.9. The smallest absolute Gasteiger partial charge is 0.252 e. The van der Waals surface area contributed by atoms with Crippen molar-refractivity contribution in [3.05, 3.63) is 168 Å². The standard InChI is InChI=1S/C44H36N8O2S2/c1-45-43(53)34-13-3-5-15-40(34)55-30-19-21-33-37(26-30)49-50-42(33)39(25-29-12-8-10-24-48-29)52-38-27-31(56-41-16-6-4-14-35(41)44(54)46-2)18-20-32(38)36(51-52)22-17-28-11-7-9-23-47-28/h3-24,26-27,39H,25H2,1-2H3,(H,45,53)(H,46,54)(H,49,50). The van der Waals surface area contributed by atoms with Crippen molar-refractivity contribution in [3.8, 4) is 0 Å². The number of H-pyrrole nitrogens is 1. The number of hydrogen-bond acceptors (Lipinski definition) is 8. The van der Waals surface area contributed by atoms with Crippen LogP contribution in [0.1, 0.15) is 49.5 Å². The van der Waals surface area contributed by atoms with Gasteiger partial charge in [-0.05, 0) is 97.1 Å². The highest BCUT2D eigenvalue weighted by atomic mass is 32.2. The first-order chi connectivity index (χ1) is 27.5. The van der Waals surface area contributed by atoms with E-state index in [4.69, 9.17) is 15.2 Å². The highest BCUT2D eigenvalue weighted by Crippen LogP contribution is 2.38. The van der Waals surface area contributed by atoms with Crippen LogP contribution in [0.15, 0.2) is 153 Å². The third kappa shape index (κ3) is 7.70. The molecule has 4 aromatic carbocycles. The Hall–Kier alpha value is -6.50. The normalized spacial score (nSPS) is 12.0. The highest BCUT2D eigenvalue weighted by Gasteiger charge is 2.25. The molecular formula is C44H36N8O2S2. The number of aromatic amines is 1. The fourth-order valence-corrected chi connectivity index (χ4v) is 8.53. The molecule has 3 N–H and O–H groups in total. The van der Waals surface area contributed by atoms with Crippen LogP contribution in [0.3, 0.4) is 0 Å². The predicted octanol–water partition coefficient (Wildman–Crippen LogP) is 8.73. The maximum Gasteiger partial charge on any atom is 0.252 e. The summed E-state index contributed by atoms with van der Waals surface area (Å²) in [5.41, 5.74) is 6.33. The van der Waals surface area contributed by atoms with Crippen molar-refractivity contribution in [2.75, 3.05) is 14.1 Å². The molecule has 0 spiro atoms. The van der Waals surface area contributed by atoms with Crippen molar-refractivity contribution in [1.82, 2.24) is 40.6 Å². The molecule has 0 aliphatic rings. The van der Waals surface area contributed by atoms with E-state index in [9.17, 15) is 9.59 Å². The summed E-state index contributed by atoms with van der Waals surface area (Å²) in [6, 6.07) is 39.1. The van der Waals surface area contributed by atoms with E-state index in [2.05, 4.69) is 55.7 Å². The molecule has 10 nitrogen and oxygen atoms in total. The van der Waals surface area contributed by atoms with Crippen LogP contribution >= 0.6 is 23.5 Å². The molecule has 2 amide bonds. The van der Waals surface area contributed by atoms with Crippen LogP contribution in [0, 0.1) is 0 Å². The van der Waals surface area contributed by atoms with E-state index in [1.165, 1.54) is 23.5 Å². The molecule has 4 heterocycles. The monoisotopic (exact) mass is 772 g/mol. The van der Waals surface area contributed by atoms with E-state index in [1.807, 2.05) is 103 Å². The number of nitrogens with zero attached hydrogens (tertiary/aromatic N) is 5. The fourth-order valence-electron chi connectivity index (χ4n) is 6.57. The summed E-state index contributed by atoms with van der Waals surface area (Å²) in [5.74, 6) is -0.272. The van der Waals surface area contributed by atoms with Gasteiger partial charge >= 0.3 is 0 Å². The molecule has 1 unspecified atom stereocenters. The van der Waals surface area contributed by atoms with Gasteiger partial charge < -0.3 is 10.6 Å². The Kier molecular flexibility index (Phi) is 10.7. The summed E-state index contributed by atoms with van der Waals surface area (Å²) in [4.78, 5) is 38.2. The first kappa shape index (κ1) is 36.5. The molecule has 0 bridgehead atoms. The lowest BCUT2D eigenvalue weighted by molar-refractivity contribution is 0.0952. The van der Waals surface area contributed by atoms with Gasteiger partial charge in [0, 0.05) is 69.0 Å². The van der Waals surface area contributed by atoms with Crippen molar-refractivity contribution < 1.29 is 9.59 Å². The Bertz CT molecular complexity index is 2710. The number of hydrogen-bond donors (Lipinski definition) is 3. The molecule has 0 saturated carbocycles. The number of rotatable bonds is 12. The number of benzene rings is 4. The molecule has 56 heavy (non-hydrogen) atoms. The van der Waals surface area contributed by atoms with E-state index in [1.54, 1.807) is 26.5 Å². The molecule has 1 atom stereocenters. The van der Waals surface area contributed by atoms with Crippen molar-refractivity contribution in [2.24, 2.45) is 0 Å². The summed E-state index contributed by atoms with van der Waals surface area (Å²) in [6.45, 7) is 0. The van der Waals surface area contributed by atoms with Crippen molar-refractivity contribution >= 4 is 69.3 Å². The largest absolute Gasteiger partial charge is 0.355 e. The zero-order valence-corrected chi connectivity index (χ0v) is 32.1. The minimum Gasteiger partial charge on any atom is -0.355 e. The average molecular weight is 773 g/mol. The summed E-state index contributed by atoms with van der Waals surface area (Å²) < 4.78 is 2.06. The number of amides is 2. The quantitative estimate of drug-likeness (QED) is 0.112. The summed E-state index contributed by atoms with van der Waals surface area (Å²) in [6.07, 6.45) is 8.07. The summed E-state index contributed by atoms with van der Waals surface area (Å²) in [7, 11) is 3.28. The number of aromatic nitrogens is 6. The van der Waals surface area contributed by atoms with Crippen molar-refractivity contribution in [2.45, 2.75) is 32.0 Å². The van der Waals surface area contributed by atoms with E-state index in [0.717, 1.165) is 64.2 Å². The zero-order valence-electron chi connectivity index (χ0n) is 30.5. The van der Waals surface area contributed by atoms with Gasteiger partial charge in [0.15, 0.2) is 0 Å². The van der Waals surface area contributed by atoms with E-state index in [0.29, 0.717) is 17.5 Å². The van der Waals surface area contributed by atoms with Crippen LogP contribution in [0.25, 0.3) is 34.0 Å². The van der Waals surface area contributed by atoms with Crippen LogP contribution in [0.4, 0.5) is 0 Å². The topological polar surface area (TPSA) is 130 Å². The van der Waals surface area contributed by atoms with Gasteiger partial charge in [-0.15, -0.1) is 0 Å². The maximum absolute atomic E-state index is 12.8. The van der Waals surface area contributed by atoms with Gasteiger partial charge in [-0.1, -0.05) is 59.9 Å². The van der Waals surface area contributed by atoms with Gasteiger partial charge in [-0.25, -0.2) is 0 Å². The fraction of sp³-hybridized carbons (Fsp3) is 0.0909. The lowest BCUT2D eigenvalue weighted by atomic mass is 10.0. The zero-order chi connectivity index (χ0) is 38.4.